The van der Waals surface area contributed by atoms with E-state index >= 15 is 0 Å². The summed E-state index contributed by atoms with van der Waals surface area (Å²) in [5, 5.41) is 0. The normalized spacial score (nSPS) is 29.6. The van der Waals surface area contributed by atoms with Crippen LogP contribution in [-0.4, -0.2) is 97.2 Å². The van der Waals surface area contributed by atoms with Crippen LogP contribution in [0.1, 0.15) is 78.6 Å². The fraction of sp³-hybridized carbons (Fsp3) is 0.758. The monoisotopic (exact) mass is 599 g/mol. The van der Waals surface area contributed by atoms with Crippen LogP contribution in [0.4, 0.5) is 4.79 Å². The van der Waals surface area contributed by atoms with E-state index in [2.05, 4.69) is 19.9 Å². The van der Waals surface area contributed by atoms with Crippen molar-refractivity contribution in [2.45, 2.75) is 90.8 Å². The van der Waals surface area contributed by atoms with Gasteiger partial charge in [-0.05, 0) is 76.2 Å². The number of carbonyl (C=O) groups excluding carboxylic acids is 4. The number of amides is 3. The Kier molecular flexibility index (Phi) is 9.83. The predicted octanol–water partition coefficient (Wildman–Crippen LogP) is 4.29. The largest absolute Gasteiger partial charge is 0.468 e. The number of fused-ring (bicyclic) bond motifs is 1. The van der Waals surface area contributed by atoms with Crippen molar-refractivity contribution in [2.75, 3.05) is 46.4 Å². The summed E-state index contributed by atoms with van der Waals surface area (Å²) in [6, 6.07) is 0. The molecular formula is C33H49N3O7. The van der Waals surface area contributed by atoms with Crippen LogP contribution in [-0.2, 0) is 28.6 Å². The first-order valence-corrected chi connectivity index (χ1v) is 16.3. The van der Waals surface area contributed by atoms with Crippen molar-refractivity contribution in [3.8, 4) is 0 Å². The molecule has 0 N–H and O–H groups in total. The first kappa shape index (κ1) is 31.5. The summed E-state index contributed by atoms with van der Waals surface area (Å²) in [5.41, 5.74) is 0.936. The lowest BCUT2D eigenvalue weighted by molar-refractivity contribution is -0.182. The number of allylic oxidation sites excluding steroid dienone is 1. The maximum Gasteiger partial charge on any atom is 0.409 e. The molecule has 5 rings (SSSR count). The van der Waals surface area contributed by atoms with E-state index < -0.39 is 17.4 Å². The Morgan fingerprint density at radius 1 is 1.09 bits per heavy atom. The second-order valence-electron chi connectivity index (χ2n) is 13.1. The molecule has 0 spiro atoms. The summed E-state index contributed by atoms with van der Waals surface area (Å²) in [4.78, 5) is 59.2. The standard InChI is InChI=1S/C33H49N3O7/c1-5-42-32(40)35-17-15-34(16-18-35)28(37)19-25-21-33(31(39)41-4)27(20-26(22(2)3)43-29(33)24-11-12-24)36(30(25)38)14-13-23-9-7-6-8-10-23/h9,20,22,24-26,29H,5-8,10-19,21H2,1-4H3/t25-,26+,29+,33+/m0/s1. The van der Waals surface area contributed by atoms with Gasteiger partial charge >= 0.3 is 12.1 Å². The Bertz CT molecular complexity index is 1140. The molecule has 3 heterocycles. The second kappa shape index (κ2) is 13.4. The van der Waals surface area contributed by atoms with E-state index in [1.807, 2.05) is 11.0 Å². The van der Waals surface area contributed by atoms with E-state index in [0.717, 1.165) is 38.5 Å². The molecule has 2 aliphatic carbocycles. The molecule has 4 atom stereocenters. The lowest BCUT2D eigenvalue weighted by Crippen LogP contribution is -2.62. The number of methoxy groups -OCH3 is 1. The van der Waals surface area contributed by atoms with Crippen molar-refractivity contribution < 1.29 is 33.4 Å². The molecule has 2 saturated heterocycles. The minimum absolute atomic E-state index is 0.00839. The van der Waals surface area contributed by atoms with Gasteiger partial charge in [0.2, 0.25) is 11.8 Å². The minimum Gasteiger partial charge on any atom is -0.468 e. The first-order valence-electron chi connectivity index (χ1n) is 16.3. The molecule has 0 aromatic heterocycles. The summed E-state index contributed by atoms with van der Waals surface area (Å²) < 4.78 is 17.3. The lowest BCUT2D eigenvalue weighted by atomic mass is 9.64. The van der Waals surface area contributed by atoms with Crippen LogP contribution in [0.25, 0.3) is 0 Å². The van der Waals surface area contributed by atoms with Gasteiger partial charge in [0, 0.05) is 50.8 Å². The van der Waals surface area contributed by atoms with Gasteiger partial charge in [-0.3, -0.25) is 14.4 Å². The molecule has 10 heteroatoms. The summed E-state index contributed by atoms with van der Waals surface area (Å²) in [6.07, 6.45) is 10.6. The van der Waals surface area contributed by atoms with Crippen molar-refractivity contribution in [3.63, 3.8) is 0 Å². The molecule has 1 saturated carbocycles. The maximum absolute atomic E-state index is 14.3. The molecule has 0 radical (unpaired) electrons. The highest BCUT2D eigenvalue weighted by Crippen LogP contribution is 2.56. The van der Waals surface area contributed by atoms with E-state index in [1.54, 1.807) is 16.7 Å². The van der Waals surface area contributed by atoms with E-state index in [0.29, 0.717) is 45.0 Å². The number of rotatable bonds is 9. The summed E-state index contributed by atoms with van der Waals surface area (Å²) in [6.45, 7) is 8.28. The average molecular weight is 600 g/mol. The predicted molar refractivity (Wildman–Crippen MR) is 160 cm³/mol. The summed E-state index contributed by atoms with van der Waals surface area (Å²) in [5.74, 6) is -0.897. The molecule has 3 aliphatic heterocycles. The van der Waals surface area contributed by atoms with Gasteiger partial charge in [0.15, 0.2) is 0 Å². The zero-order valence-corrected chi connectivity index (χ0v) is 26.3. The number of esters is 1. The number of ether oxygens (including phenoxy) is 3. The van der Waals surface area contributed by atoms with Gasteiger partial charge in [-0.15, -0.1) is 0 Å². The van der Waals surface area contributed by atoms with Gasteiger partial charge in [0.05, 0.1) is 25.9 Å². The Hall–Kier alpha value is -2.88. The molecular weight excluding hydrogens is 550 g/mol. The average Bonchev–Trinajstić information content (AvgIpc) is 3.86. The minimum atomic E-state index is -1.14. The highest BCUT2D eigenvalue weighted by Gasteiger charge is 2.63. The third-order valence-corrected chi connectivity index (χ3v) is 9.92. The van der Waals surface area contributed by atoms with E-state index in [9.17, 15) is 19.2 Å². The molecule has 0 bridgehead atoms. The van der Waals surface area contributed by atoms with Gasteiger partial charge in [-0.1, -0.05) is 25.5 Å². The van der Waals surface area contributed by atoms with Crippen LogP contribution in [0.2, 0.25) is 0 Å². The third kappa shape index (κ3) is 6.49. The fourth-order valence-corrected chi connectivity index (χ4v) is 7.36. The van der Waals surface area contributed by atoms with Crippen molar-refractivity contribution in [1.29, 1.82) is 0 Å². The lowest BCUT2D eigenvalue weighted by Gasteiger charge is -2.53. The molecule has 5 aliphatic rings. The van der Waals surface area contributed by atoms with E-state index in [-0.39, 0.29) is 54.7 Å². The van der Waals surface area contributed by atoms with E-state index in [4.69, 9.17) is 14.2 Å². The van der Waals surface area contributed by atoms with Crippen molar-refractivity contribution in [3.05, 3.63) is 23.4 Å². The Morgan fingerprint density at radius 2 is 1.81 bits per heavy atom. The number of carbonyl (C=O) groups is 4. The van der Waals surface area contributed by atoms with Crippen LogP contribution in [0.3, 0.4) is 0 Å². The summed E-state index contributed by atoms with van der Waals surface area (Å²) >= 11 is 0. The van der Waals surface area contributed by atoms with Gasteiger partial charge in [0.1, 0.15) is 5.41 Å². The Balaban J connectivity index is 1.43. The van der Waals surface area contributed by atoms with Crippen molar-refractivity contribution in [2.24, 2.45) is 23.2 Å². The number of piperazine rings is 1. The Labute approximate surface area is 255 Å². The van der Waals surface area contributed by atoms with Crippen molar-refractivity contribution >= 4 is 23.9 Å². The fourth-order valence-electron chi connectivity index (χ4n) is 7.36. The molecule has 0 aromatic carbocycles. The Morgan fingerprint density at radius 3 is 2.42 bits per heavy atom. The number of hydrogen-bond acceptors (Lipinski definition) is 7. The van der Waals surface area contributed by atoms with Gasteiger partial charge in [-0.2, -0.15) is 0 Å². The smallest absolute Gasteiger partial charge is 0.409 e. The summed E-state index contributed by atoms with van der Waals surface area (Å²) in [7, 11) is 1.41. The topological polar surface area (TPSA) is 106 Å². The van der Waals surface area contributed by atoms with Crippen LogP contribution in [0.5, 0.6) is 0 Å². The van der Waals surface area contributed by atoms with Gasteiger partial charge < -0.3 is 28.9 Å². The van der Waals surface area contributed by atoms with Crippen LogP contribution in [0, 0.1) is 23.2 Å². The molecule has 238 valence electrons. The number of hydrogen-bond donors (Lipinski definition) is 0. The molecule has 3 fully saturated rings. The molecule has 0 unspecified atom stereocenters. The van der Waals surface area contributed by atoms with Crippen LogP contribution >= 0.6 is 0 Å². The van der Waals surface area contributed by atoms with Crippen LogP contribution < -0.4 is 0 Å². The van der Waals surface area contributed by atoms with Gasteiger partial charge in [-0.25, -0.2) is 4.79 Å². The zero-order valence-electron chi connectivity index (χ0n) is 26.3. The zero-order chi connectivity index (χ0) is 30.7. The van der Waals surface area contributed by atoms with Crippen LogP contribution in [0.15, 0.2) is 23.4 Å². The number of likely N-dealkylation sites (tertiary alicyclic amines) is 1. The molecule has 3 amide bonds. The maximum atomic E-state index is 14.3. The molecule has 43 heavy (non-hydrogen) atoms. The first-order chi connectivity index (χ1) is 20.7. The number of nitrogens with zero attached hydrogens (tertiary/aromatic N) is 3. The molecule has 0 aromatic rings. The highest BCUT2D eigenvalue weighted by atomic mass is 16.6. The number of piperidine rings is 1. The SMILES string of the molecule is CCOC(=O)N1CCN(C(=O)C[C@H]2C[C@@]3(C(=O)OC)C(=C[C@H](C(C)C)O[C@@H]3C3CC3)N(CCC3=CCCCC3)C2=O)CC1. The van der Waals surface area contributed by atoms with Crippen molar-refractivity contribution in [1.82, 2.24) is 14.7 Å². The highest BCUT2D eigenvalue weighted by molar-refractivity contribution is 5.93. The molecule has 10 nitrogen and oxygen atoms in total. The quantitative estimate of drug-likeness (QED) is 0.288. The third-order valence-electron chi connectivity index (χ3n) is 9.92. The van der Waals surface area contributed by atoms with E-state index in [1.165, 1.54) is 19.1 Å². The van der Waals surface area contributed by atoms with Gasteiger partial charge in [0.25, 0.3) is 0 Å². The second-order valence-corrected chi connectivity index (χ2v) is 13.1.